The van der Waals surface area contributed by atoms with Crippen LogP contribution in [0.1, 0.15) is 34.5 Å². The standard InChI is InChI=1S/C26H26N4O3/c27-15-18-4-7-24-23(13-18)19(16-28-24)3-1-2-8-29-9-11-30(12-10-29)21-5-6-22-20(14-21)17-33-25(22)26(31)32/h4-7,13-14,16-17,28H,1-3,8-12H2,(H,31,32). The van der Waals surface area contributed by atoms with Gasteiger partial charge < -0.3 is 19.4 Å². The number of fused-ring (bicyclic) bond motifs is 2. The third-order valence-electron chi connectivity index (χ3n) is 6.58. The first-order valence-electron chi connectivity index (χ1n) is 11.3. The van der Waals surface area contributed by atoms with Gasteiger partial charge in [0.15, 0.2) is 0 Å². The number of unbranched alkanes of at least 4 members (excludes halogenated alkanes) is 1. The van der Waals surface area contributed by atoms with Crippen molar-refractivity contribution in [3.63, 3.8) is 0 Å². The van der Waals surface area contributed by atoms with Crippen molar-refractivity contribution in [2.75, 3.05) is 37.6 Å². The van der Waals surface area contributed by atoms with E-state index in [1.54, 1.807) is 0 Å². The van der Waals surface area contributed by atoms with Crippen LogP contribution < -0.4 is 4.90 Å². The van der Waals surface area contributed by atoms with E-state index in [4.69, 9.17) is 9.68 Å². The van der Waals surface area contributed by atoms with Gasteiger partial charge in [-0.2, -0.15) is 5.26 Å². The molecule has 7 nitrogen and oxygen atoms in total. The number of hydrogen-bond donors (Lipinski definition) is 2. The molecule has 4 aromatic rings. The second-order valence-electron chi connectivity index (χ2n) is 8.61. The summed E-state index contributed by atoms with van der Waals surface area (Å²) in [5.74, 6) is -1.04. The maximum atomic E-state index is 11.2. The van der Waals surface area contributed by atoms with Gasteiger partial charge in [-0.1, -0.05) is 0 Å². The fraction of sp³-hybridized carbons (Fsp3) is 0.308. The van der Waals surface area contributed by atoms with Gasteiger partial charge in [-0.15, -0.1) is 0 Å². The average molecular weight is 443 g/mol. The second kappa shape index (κ2) is 9.00. The zero-order valence-corrected chi connectivity index (χ0v) is 18.4. The summed E-state index contributed by atoms with van der Waals surface area (Å²) in [7, 11) is 0. The van der Waals surface area contributed by atoms with Crippen LogP contribution in [0.25, 0.3) is 21.7 Å². The molecule has 168 valence electrons. The first kappa shape index (κ1) is 21.1. The second-order valence-corrected chi connectivity index (χ2v) is 8.61. The zero-order valence-electron chi connectivity index (χ0n) is 18.4. The van der Waals surface area contributed by atoms with Gasteiger partial charge in [-0.25, -0.2) is 4.79 Å². The predicted molar refractivity (Wildman–Crippen MR) is 128 cm³/mol. The Hall–Kier alpha value is -3.76. The van der Waals surface area contributed by atoms with E-state index in [0.717, 1.165) is 74.0 Å². The van der Waals surface area contributed by atoms with E-state index in [1.165, 1.54) is 11.8 Å². The minimum absolute atomic E-state index is 0.000454. The minimum atomic E-state index is -1.04. The molecule has 2 N–H and O–H groups in total. The van der Waals surface area contributed by atoms with E-state index in [1.807, 2.05) is 36.4 Å². The van der Waals surface area contributed by atoms with E-state index in [9.17, 15) is 9.90 Å². The smallest absolute Gasteiger partial charge is 0.372 e. The Morgan fingerprint density at radius 3 is 2.73 bits per heavy atom. The summed E-state index contributed by atoms with van der Waals surface area (Å²) < 4.78 is 5.21. The molecule has 0 aliphatic carbocycles. The predicted octanol–water partition coefficient (Wildman–Crippen LogP) is 4.63. The van der Waals surface area contributed by atoms with Crippen LogP contribution in [-0.2, 0) is 6.42 Å². The molecule has 1 fully saturated rings. The van der Waals surface area contributed by atoms with Crippen LogP contribution in [0, 0.1) is 11.3 Å². The van der Waals surface area contributed by atoms with Gasteiger partial charge in [0.2, 0.25) is 5.76 Å². The first-order chi connectivity index (χ1) is 16.1. The number of piperazine rings is 1. The van der Waals surface area contributed by atoms with Gasteiger partial charge in [0.05, 0.1) is 17.9 Å². The number of carboxylic acids is 1. The van der Waals surface area contributed by atoms with Crippen molar-refractivity contribution in [3.8, 4) is 6.07 Å². The monoisotopic (exact) mass is 442 g/mol. The average Bonchev–Trinajstić information content (AvgIpc) is 3.45. The topological polar surface area (TPSA) is 96.5 Å². The summed E-state index contributed by atoms with van der Waals surface area (Å²) in [6, 6.07) is 13.9. The SMILES string of the molecule is N#Cc1ccc2[nH]cc(CCCCN3CCN(c4ccc5c(C(=O)O)occ5c4)CC3)c2c1. The number of benzene rings is 2. The fourth-order valence-corrected chi connectivity index (χ4v) is 4.74. The Bertz CT molecular complexity index is 1340. The normalized spacial score (nSPS) is 14.7. The number of nitriles is 1. The number of anilines is 1. The molecule has 7 heteroatoms. The maximum Gasteiger partial charge on any atom is 0.372 e. The zero-order chi connectivity index (χ0) is 22.8. The van der Waals surface area contributed by atoms with E-state index < -0.39 is 5.97 Å². The maximum absolute atomic E-state index is 11.2. The molecule has 0 atom stereocenters. The highest BCUT2D eigenvalue weighted by molar-refractivity contribution is 6.02. The summed E-state index contributed by atoms with van der Waals surface area (Å²) in [5, 5.41) is 21.0. The number of nitrogens with one attached hydrogen (secondary N) is 1. The van der Waals surface area contributed by atoms with E-state index >= 15 is 0 Å². The summed E-state index contributed by atoms with van der Waals surface area (Å²) in [6.45, 7) is 5.02. The number of carbonyl (C=O) groups is 1. The molecule has 5 rings (SSSR count). The van der Waals surface area contributed by atoms with Crippen LogP contribution in [0.5, 0.6) is 0 Å². The Labute approximate surface area is 191 Å². The van der Waals surface area contributed by atoms with Crippen molar-refractivity contribution < 1.29 is 14.3 Å². The van der Waals surface area contributed by atoms with Crippen LogP contribution in [0.3, 0.4) is 0 Å². The fourth-order valence-electron chi connectivity index (χ4n) is 4.74. The molecule has 0 amide bonds. The van der Waals surface area contributed by atoms with Crippen molar-refractivity contribution in [2.24, 2.45) is 0 Å². The lowest BCUT2D eigenvalue weighted by molar-refractivity contribution is 0.0665. The van der Waals surface area contributed by atoms with Gasteiger partial charge in [0.25, 0.3) is 0 Å². The lowest BCUT2D eigenvalue weighted by Gasteiger charge is -2.36. The largest absolute Gasteiger partial charge is 0.475 e. The number of rotatable bonds is 7. The highest BCUT2D eigenvalue weighted by Gasteiger charge is 2.19. The van der Waals surface area contributed by atoms with Crippen LogP contribution >= 0.6 is 0 Å². The van der Waals surface area contributed by atoms with Crippen molar-refractivity contribution in [3.05, 3.63) is 65.7 Å². The number of H-pyrrole nitrogens is 1. The number of hydrogen-bond acceptors (Lipinski definition) is 5. The number of aromatic amines is 1. The third kappa shape index (κ3) is 4.30. The molecule has 3 heterocycles. The molecule has 33 heavy (non-hydrogen) atoms. The molecule has 0 spiro atoms. The highest BCUT2D eigenvalue weighted by atomic mass is 16.4. The molecule has 1 aliphatic heterocycles. The molecule has 2 aromatic heterocycles. The van der Waals surface area contributed by atoms with Gasteiger partial charge >= 0.3 is 5.97 Å². The van der Waals surface area contributed by atoms with Crippen molar-refractivity contribution >= 4 is 33.3 Å². The quantitative estimate of drug-likeness (QED) is 0.405. The van der Waals surface area contributed by atoms with E-state index in [-0.39, 0.29) is 5.76 Å². The Kier molecular flexibility index (Phi) is 5.76. The van der Waals surface area contributed by atoms with Gasteiger partial charge in [0.1, 0.15) is 0 Å². The molecular formula is C26H26N4O3. The van der Waals surface area contributed by atoms with Crippen molar-refractivity contribution in [1.82, 2.24) is 9.88 Å². The lowest BCUT2D eigenvalue weighted by Crippen LogP contribution is -2.46. The number of nitrogens with zero attached hydrogens (tertiary/aromatic N) is 3. The van der Waals surface area contributed by atoms with Gasteiger partial charge in [-0.05, 0) is 67.8 Å². The number of aromatic nitrogens is 1. The first-order valence-corrected chi connectivity index (χ1v) is 11.3. The molecule has 0 radical (unpaired) electrons. The lowest BCUT2D eigenvalue weighted by atomic mass is 10.0. The molecule has 0 bridgehead atoms. The van der Waals surface area contributed by atoms with Crippen molar-refractivity contribution in [1.29, 1.82) is 5.26 Å². The van der Waals surface area contributed by atoms with Crippen molar-refractivity contribution in [2.45, 2.75) is 19.3 Å². The summed E-state index contributed by atoms with van der Waals surface area (Å²) >= 11 is 0. The Balaban J connectivity index is 1.11. The van der Waals surface area contributed by atoms with Gasteiger partial charge in [0, 0.05) is 59.7 Å². The summed E-state index contributed by atoms with van der Waals surface area (Å²) in [6.07, 6.45) is 6.86. The molecular weight excluding hydrogens is 416 g/mol. The molecule has 1 aliphatic rings. The molecule has 2 aromatic carbocycles. The highest BCUT2D eigenvalue weighted by Crippen LogP contribution is 2.27. The Morgan fingerprint density at radius 1 is 1.09 bits per heavy atom. The number of carboxylic acid groups (broad SMARTS) is 1. The van der Waals surface area contributed by atoms with Crippen LogP contribution in [-0.4, -0.2) is 53.7 Å². The van der Waals surface area contributed by atoms with E-state index in [0.29, 0.717) is 10.9 Å². The molecule has 0 unspecified atom stereocenters. The Morgan fingerprint density at radius 2 is 1.94 bits per heavy atom. The molecule has 0 saturated carbocycles. The number of aryl methyl sites for hydroxylation is 1. The van der Waals surface area contributed by atoms with Gasteiger partial charge in [-0.3, -0.25) is 4.90 Å². The summed E-state index contributed by atoms with van der Waals surface area (Å²) in [5.41, 5.74) is 4.19. The van der Waals surface area contributed by atoms with Crippen LogP contribution in [0.4, 0.5) is 5.69 Å². The number of furan rings is 1. The summed E-state index contributed by atoms with van der Waals surface area (Å²) in [4.78, 5) is 19.4. The molecule has 1 saturated heterocycles. The van der Waals surface area contributed by atoms with Crippen LogP contribution in [0.15, 0.2) is 53.3 Å². The third-order valence-corrected chi connectivity index (χ3v) is 6.58. The van der Waals surface area contributed by atoms with E-state index in [2.05, 4.69) is 27.0 Å². The number of aromatic carboxylic acids is 1. The van der Waals surface area contributed by atoms with Crippen LogP contribution in [0.2, 0.25) is 0 Å². The minimum Gasteiger partial charge on any atom is -0.475 e.